The van der Waals surface area contributed by atoms with Gasteiger partial charge < -0.3 is 14.6 Å². The first-order valence-corrected chi connectivity index (χ1v) is 4.66. The average Bonchev–Trinajstić information content (AvgIpc) is 2.65. The molecule has 0 bridgehead atoms. The monoisotopic (exact) mass is 230 g/mol. The van der Waals surface area contributed by atoms with Gasteiger partial charge in [-0.25, -0.2) is 4.68 Å². The Morgan fingerprint density at radius 1 is 1.56 bits per heavy atom. The van der Waals surface area contributed by atoms with Crippen LogP contribution >= 0.6 is 0 Å². The predicted octanol–water partition coefficient (Wildman–Crippen LogP) is -0.691. The fourth-order valence-electron chi connectivity index (χ4n) is 1.21. The summed E-state index contributed by atoms with van der Waals surface area (Å²) in [7, 11) is 2.98. The molecule has 0 aliphatic carbocycles. The molecule has 1 aromatic rings. The maximum Gasteiger partial charge on any atom is 0.306 e. The largest absolute Gasteiger partial charge is 0.481 e. The summed E-state index contributed by atoms with van der Waals surface area (Å²) in [5.74, 6) is -0.386. The van der Waals surface area contributed by atoms with E-state index in [1.807, 2.05) is 0 Å². The highest BCUT2D eigenvalue weighted by atomic mass is 16.5. The number of ether oxygens (including phenoxy) is 2. The van der Waals surface area contributed by atoms with Crippen LogP contribution in [-0.2, 0) is 27.4 Å². The van der Waals surface area contributed by atoms with Gasteiger partial charge in [0.2, 0.25) is 0 Å². The number of nitrogens with zero attached hydrogens (tertiary/aromatic N) is 4. The summed E-state index contributed by atoms with van der Waals surface area (Å²) in [5, 5.41) is 19.6. The summed E-state index contributed by atoms with van der Waals surface area (Å²) in [6.07, 6.45) is -0.556. The van der Waals surface area contributed by atoms with Crippen LogP contribution in [0.25, 0.3) is 0 Å². The smallest absolute Gasteiger partial charge is 0.306 e. The quantitative estimate of drug-likeness (QED) is 0.661. The Kier molecular flexibility index (Phi) is 4.80. The van der Waals surface area contributed by atoms with E-state index in [0.29, 0.717) is 5.82 Å². The summed E-state index contributed by atoms with van der Waals surface area (Å²) in [6.45, 7) is 0.561. The van der Waals surface area contributed by atoms with Crippen LogP contribution in [0.1, 0.15) is 12.2 Å². The fourth-order valence-corrected chi connectivity index (χ4v) is 1.21. The van der Waals surface area contributed by atoms with Gasteiger partial charge in [0.1, 0.15) is 6.61 Å². The van der Waals surface area contributed by atoms with Gasteiger partial charge in [-0.2, -0.15) is 0 Å². The van der Waals surface area contributed by atoms with E-state index < -0.39 is 12.1 Å². The van der Waals surface area contributed by atoms with Crippen molar-refractivity contribution in [2.45, 2.75) is 25.7 Å². The number of rotatable bonds is 7. The number of methoxy groups -OCH3 is 2. The average molecular weight is 230 g/mol. The normalized spacial score (nSPS) is 12.6. The lowest BCUT2D eigenvalue weighted by Crippen LogP contribution is -2.24. The predicted molar refractivity (Wildman–Crippen MR) is 51.6 cm³/mol. The zero-order valence-corrected chi connectivity index (χ0v) is 9.16. The van der Waals surface area contributed by atoms with Crippen molar-refractivity contribution in [2.75, 3.05) is 14.2 Å². The first-order valence-electron chi connectivity index (χ1n) is 4.66. The number of carboxylic acids is 1. The molecule has 0 radical (unpaired) electrons. The highest BCUT2D eigenvalue weighted by Gasteiger charge is 2.16. The van der Waals surface area contributed by atoms with Crippen molar-refractivity contribution in [2.24, 2.45) is 0 Å². The van der Waals surface area contributed by atoms with E-state index in [-0.39, 0.29) is 19.6 Å². The van der Waals surface area contributed by atoms with Crippen LogP contribution in [0.15, 0.2) is 0 Å². The third kappa shape index (κ3) is 3.55. The maximum absolute atomic E-state index is 10.5. The standard InChI is InChI=1S/C8H14N4O4/c1-15-5-7-9-10-11-12(7)4-6(16-2)3-8(13)14/h6H,3-5H2,1-2H3,(H,13,14). The van der Waals surface area contributed by atoms with E-state index in [9.17, 15) is 4.79 Å². The van der Waals surface area contributed by atoms with Gasteiger partial charge in [-0.05, 0) is 10.4 Å². The summed E-state index contributed by atoms with van der Waals surface area (Å²) < 4.78 is 11.4. The van der Waals surface area contributed by atoms with Crippen LogP contribution in [0.4, 0.5) is 0 Å². The summed E-state index contributed by atoms with van der Waals surface area (Å²) in [6, 6.07) is 0. The molecule has 0 saturated heterocycles. The Labute approximate surface area is 92.2 Å². The van der Waals surface area contributed by atoms with Crippen molar-refractivity contribution in [1.29, 1.82) is 0 Å². The van der Waals surface area contributed by atoms with Crippen LogP contribution in [0.2, 0.25) is 0 Å². The Bertz CT molecular complexity index is 341. The van der Waals surface area contributed by atoms with Gasteiger partial charge in [-0.1, -0.05) is 0 Å². The van der Waals surface area contributed by atoms with Crippen molar-refractivity contribution in [3.8, 4) is 0 Å². The minimum atomic E-state index is -0.923. The molecule has 90 valence electrons. The SMILES string of the molecule is COCc1nnnn1CC(CC(=O)O)OC. The molecule has 8 nitrogen and oxygen atoms in total. The number of aliphatic carboxylic acids is 1. The van der Waals surface area contributed by atoms with Crippen molar-refractivity contribution >= 4 is 5.97 Å². The Hall–Kier alpha value is -1.54. The maximum atomic E-state index is 10.5. The topological polar surface area (TPSA) is 99.4 Å². The molecule has 16 heavy (non-hydrogen) atoms. The molecule has 1 heterocycles. The molecule has 0 fully saturated rings. The number of carbonyl (C=O) groups is 1. The van der Waals surface area contributed by atoms with Gasteiger partial charge in [0.15, 0.2) is 5.82 Å². The molecule has 8 heteroatoms. The van der Waals surface area contributed by atoms with Crippen molar-refractivity contribution in [3.63, 3.8) is 0 Å². The van der Waals surface area contributed by atoms with Gasteiger partial charge in [0, 0.05) is 14.2 Å². The molecule has 0 aromatic carbocycles. The van der Waals surface area contributed by atoms with E-state index >= 15 is 0 Å². The van der Waals surface area contributed by atoms with Gasteiger partial charge in [-0.3, -0.25) is 4.79 Å². The van der Waals surface area contributed by atoms with Gasteiger partial charge >= 0.3 is 5.97 Å². The third-order valence-electron chi connectivity index (χ3n) is 1.99. The molecule has 1 atom stereocenters. The van der Waals surface area contributed by atoms with Crippen molar-refractivity contribution in [3.05, 3.63) is 5.82 Å². The molecule has 0 aliphatic rings. The Balaban J connectivity index is 2.62. The number of aromatic nitrogens is 4. The van der Waals surface area contributed by atoms with E-state index in [4.69, 9.17) is 14.6 Å². The second-order valence-corrected chi connectivity index (χ2v) is 3.17. The third-order valence-corrected chi connectivity index (χ3v) is 1.99. The number of tetrazole rings is 1. The molecule has 1 unspecified atom stereocenters. The molecule has 0 spiro atoms. The molecular formula is C8H14N4O4. The molecule has 1 N–H and O–H groups in total. The lowest BCUT2D eigenvalue weighted by Gasteiger charge is -2.13. The number of hydrogen-bond acceptors (Lipinski definition) is 6. The summed E-state index contributed by atoms with van der Waals surface area (Å²) in [5.41, 5.74) is 0. The van der Waals surface area contributed by atoms with E-state index in [2.05, 4.69) is 15.5 Å². The lowest BCUT2D eigenvalue weighted by atomic mass is 10.2. The molecular weight excluding hydrogens is 216 g/mol. The molecule has 0 aliphatic heterocycles. The number of hydrogen-bond donors (Lipinski definition) is 1. The highest BCUT2D eigenvalue weighted by Crippen LogP contribution is 2.03. The van der Waals surface area contributed by atoms with Crippen LogP contribution < -0.4 is 0 Å². The van der Waals surface area contributed by atoms with Gasteiger partial charge in [-0.15, -0.1) is 5.10 Å². The zero-order valence-electron chi connectivity index (χ0n) is 9.16. The molecule has 0 amide bonds. The molecule has 1 rings (SSSR count). The fraction of sp³-hybridized carbons (Fsp3) is 0.750. The highest BCUT2D eigenvalue weighted by molar-refractivity contribution is 5.67. The van der Waals surface area contributed by atoms with E-state index in [1.54, 1.807) is 0 Å². The Morgan fingerprint density at radius 3 is 2.88 bits per heavy atom. The van der Waals surface area contributed by atoms with Crippen LogP contribution in [0, 0.1) is 0 Å². The van der Waals surface area contributed by atoms with Crippen LogP contribution in [0.3, 0.4) is 0 Å². The van der Waals surface area contributed by atoms with Crippen molar-refractivity contribution < 1.29 is 19.4 Å². The minimum Gasteiger partial charge on any atom is -0.481 e. The molecule has 0 saturated carbocycles. The first-order chi connectivity index (χ1) is 7.67. The first kappa shape index (κ1) is 12.5. The second-order valence-electron chi connectivity index (χ2n) is 3.17. The van der Waals surface area contributed by atoms with Crippen LogP contribution in [-0.4, -0.2) is 51.6 Å². The molecule has 1 aromatic heterocycles. The van der Waals surface area contributed by atoms with E-state index in [1.165, 1.54) is 18.9 Å². The number of carboxylic acid groups (broad SMARTS) is 1. The lowest BCUT2D eigenvalue weighted by molar-refractivity contribution is -0.140. The minimum absolute atomic E-state index is 0.0945. The second kappa shape index (κ2) is 6.13. The zero-order chi connectivity index (χ0) is 12.0. The van der Waals surface area contributed by atoms with Crippen LogP contribution in [0.5, 0.6) is 0 Å². The van der Waals surface area contributed by atoms with Gasteiger partial charge in [0.05, 0.1) is 19.1 Å². The van der Waals surface area contributed by atoms with E-state index in [0.717, 1.165) is 0 Å². The van der Waals surface area contributed by atoms with Crippen molar-refractivity contribution in [1.82, 2.24) is 20.2 Å². The summed E-state index contributed by atoms with van der Waals surface area (Å²) in [4.78, 5) is 10.5. The van der Waals surface area contributed by atoms with Gasteiger partial charge in [0.25, 0.3) is 0 Å². The Morgan fingerprint density at radius 2 is 2.31 bits per heavy atom. The summed E-state index contributed by atoms with van der Waals surface area (Å²) >= 11 is 0.